The van der Waals surface area contributed by atoms with Crippen molar-refractivity contribution in [3.05, 3.63) is 24.3 Å². The Kier molecular flexibility index (Phi) is 1.37. The second-order valence-electron chi connectivity index (χ2n) is 3.10. The van der Waals surface area contributed by atoms with Crippen LogP contribution in [0.4, 0.5) is 0 Å². The highest BCUT2D eigenvalue weighted by atomic mass is 16.3. The Hall–Kier alpha value is -1.88. The average molecular weight is 188 g/mol. The van der Waals surface area contributed by atoms with Crippen LogP contribution in [0.25, 0.3) is 22.1 Å². The van der Waals surface area contributed by atoms with Crippen LogP contribution in [0.5, 0.6) is 0 Å². The van der Waals surface area contributed by atoms with Crippen LogP contribution in [-0.2, 0) is 6.61 Å². The van der Waals surface area contributed by atoms with Gasteiger partial charge in [-0.2, -0.15) is 0 Å². The molecule has 70 valence electrons. The van der Waals surface area contributed by atoms with E-state index in [2.05, 4.69) is 19.9 Å². The van der Waals surface area contributed by atoms with Gasteiger partial charge in [0.15, 0.2) is 0 Å². The fraction of sp³-hybridized carbons (Fsp3) is 0.111. The van der Waals surface area contributed by atoms with Gasteiger partial charge in [-0.25, -0.2) is 9.97 Å². The first-order valence-electron chi connectivity index (χ1n) is 4.30. The van der Waals surface area contributed by atoms with Crippen molar-refractivity contribution in [3.8, 4) is 0 Å². The van der Waals surface area contributed by atoms with Crippen LogP contribution in [0.3, 0.4) is 0 Å². The van der Waals surface area contributed by atoms with Crippen LogP contribution >= 0.6 is 0 Å². The van der Waals surface area contributed by atoms with Crippen molar-refractivity contribution in [1.82, 2.24) is 19.9 Å². The Morgan fingerprint density at radius 1 is 1.43 bits per heavy atom. The second-order valence-corrected chi connectivity index (χ2v) is 3.10. The summed E-state index contributed by atoms with van der Waals surface area (Å²) in [5.41, 5.74) is 2.52. The van der Waals surface area contributed by atoms with Gasteiger partial charge in [0.1, 0.15) is 23.6 Å². The lowest BCUT2D eigenvalue weighted by molar-refractivity contribution is 0.273. The number of hydrogen-bond acceptors (Lipinski definition) is 3. The number of H-pyrrole nitrogens is 2. The Balaban J connectivity index is 2.49. The minimum atomic E-state index is -0.0827. The normalized spacial score (nSPS) is 11.5. The lowest BCUT2D eigenvalue weighted by Gasteiger charge is -1.89. The van der Waals surface area contributed by atoms with E-state index in [0.29, 0.717) is 5.82 Å². The molecule has 0 radical (unpaired) electrons. The molecule has 3 aromatic heterocycles. The van der Waals surface area contributed by atoms with Gasteiger partial charge in [0, 0.05) is 11.6 Å². The number of fused-ring (bicyclic) bond motifs is 3. The fourth-order valence-corrected chi connectivity index (χ4v) is 1.61. The molecule has 0 unspecified atom stereocenters. The second kappa shape index (κ2) is 2.55. The van der Waals surface area contributed by atoms with Gasteiger partial charge >= 0.3 is 0 Å². The number of rotatable bonds is 1. The predicted molar refractivity (Wildman–Crippen MR) is 51.7 cm³/mol. The SMILES string of the molecule is OCc1nc2cnc3[nH]ccc3c2[nH]1. The highest BCUT2D eigenvalue weighted by Crippen LogP contribution is 2.20. The number of hydrogen-bond donors (Lipinski definition) is 3. The van der Waals surface area contributed by atoms with Crippen molar-refractivity contribution in [1.29, 1.82) is 0 Å². The summed E-state index contributed by atoms with van der Waals surface area (Å²) in [7, 11) is 0. The number of aliphatic hydroxyl groups excluding tert-OH is 1. The van der Waals surface area contributed by atoms with Crippen molar-refractivity contribution >= 4 is 22.1 Å². The molecule has 0 aliphatic carbocycles. The molecule has 3 rings (SSSR count). The van der Waals surface area contributed by atoms with Gasteiger partial charge in [-0.3, -0.25) is 0 Å². The molecule has 0 atom stereocenters. The van der Waals surface area contributed by atoms with Crippen molar-refractivity contribution in [3.63, 3.8) is 0 Å². The number of nitrogens with zero attached hydrogens (tertiary/aromatic N) is 2. The van der Waals surface area contributed by atoms with E-state index in [1.807, 2.05) is 12.3 Å². The molecule has 0 aromatic carbocycles. The molecule has 0 fully saturated rings. The smallest absolute Gasteiger partial charge is 0.139 e. The van der Waals surface area contributed by atoms with Gasteiger partial charge in [0.05, 0.1) is 11.7 Å². The Labute approximate surface area is 78.8 Å². The van der Waals surface area contributed by atoms with Crippen molar-refractivity contribution in [2.75, 3.05) is 0 Å². The number of pyridine rings is 1. The third-order valence-electron chi connectivity index (χ3n) is 2.24. The van der Waals surface area contributed by atoms with E-state index in [1.54, 1.807) is 6.20 Å². The van der Waals surface area contributed by atoms with Gasteiger partial charge in [0.25, 0.3) is 0 Å². The molecular weight excluding hydrogens is 180 g/mol. The van der Waals surface area contributed by atoms with Crippen molar-refractivity contribution in [2.24, 2.45) is 0 Å². The number of aromatic amines is 2. The van der Waals surface area contributed by atoms with E-state index in [9.17, 15) is 0 Å². The highest BCUT2D eigenvalue weighted by molar-refractivity contribution is 6.00. The molecule has 3 N–H and O–H groups in total. The molecule has 0 aliphatic rings. The molecular formula is C9H8N4O. The molecule has 0 amide bonds. The van der Waals surface area contributed by atoms with Crippen LogP contribution < -0.4 is 0 Å². The zero-order valence-corrected chi connectivity index (χ0v) is 7.28. The summed E-state index contributed by atoms with van der Waals surface area (Å²) >= 11 is 0. The summed E-state index contributed by atoms with van der Waals surface area (Å²) in [6, 6.07) is 1.93. The van der Waals surface area contributed by atoms with Gasteiger partial charge in [-0.1, -0.05) is 0 Å². The number of nitrogens with one attached hydrogen (secondary N) is 2. The molecule has 0 saturated carbocycles. The van der Waals surface area contributed by atoms with E-state index in [-0.39, 0.29) is 6.61 Å². The minimum absolute atomic E-state index is 0.0827. The van der Waals surface area contributed by atoms with Crippen LogP contribution in [0, 0.1) is 0 Å². The summed E-state index contributed by atoms with van der Waals surface area (Å²) in [4.78, 5) is 14.4. The third kappa shape index (κ3) is 0.869. The summed E-state index contributed by atoms with van der Waals surface area (Å²) in [6.45, 7) is -0.0827. The van der Waals surface area contributed by atoms with E-state index in [1.165, 1.54) is 0 Å². The van der Waals surface area contributed by atoms with Crippen LogP contribution in [0.2, 0.25) is 0 Å². The number of aromatic nitrogens is 4. The summed E-state index contributed by atoms with van der Waals surface area (Å²) in [5.74, 6) is 0.565. The van der Waals surface area contributed by atoms with Crippen molar-refractivity contribution in [2.45, 2.75) is 6.61 Å². The van der Waals surface area contributed by atoms with Crippen molar-refractivity contribution < 1.29 is 5.11 Å². The lowest BCUT2D eigenvalue weighted by Crippen LogP contribution is -1.83. The Morgan fingerprint density at radius 2 is 2.36 bits per heavy atom. The highest BCUT2D eigenvalue weighted by Gasteiger charge is 2.06. The summed E-state index contributed by atoms with van der Waals surface area (Å²) in [5, 5.41) is 9.93. The molecule has 5 heteroatoms. The molecule has 0 spiro atoms. The lowest BCUT2D eigenvalue weighted by atomic mass is 10.3. The molecule has 14 heavy (non-hydrogen) atoms. The minimum Gasteiger partial charge on any atom is -0.388 e. The summed E-state index contributed by atoms with van der Waals surface area (Å²) in [6.07, 6.45) is 3.51. The average Bonchev–Trinajstić information content (AvgIpc) is 2.82. The maximum absolute atomic E-state index is 8.94. The van der Waals surface area contributed by atoms with E-state index in [4.69, 9.17) is 5.11 Å². The molecule has 3 aromatic rings. The van der Waals surface area contributed by atoms with Crippen LogP contribution in [0.1, 0.15) is 5.82 Å². The maximum atomic E-state index is 8.94. The first kappa shape index (κ1) is 7.52. The number of aliphatic hydroxyl groups is 1. The number of imidazole rings is 1. The zero-order valence-electron chi connectivity index (χ0n) is 7.28. The van der Waals surface area contributed by atoms with E-state index < -0.39 is 0 Å². The van der Waals surface area contributed by atoms with Crippen LogP contribution in [0.15, 0.2) is 18.5 Å². The van der Waals surface area contributed by atoms with Gasteiger partial charge in [-0.05, 0) is 6.07 Å². The third-order valence-corrected chi connectivity index (χ3v) is 2.24. The van der Waals surface area contributed by atoms with E-state index >= 15 is 0 Å². The molecule has 0 aliphatic heterocycles. The summed E-state index contributed by atoms with van der Waals surface area (Å²) < 4.78 is 0. The Bertz CT molecular complexity index is 595. The fourth-order valence-electron chi connectivity index (χ4n) is 1.61. The van der Waals surface area contributed by atoms with Gasteiger partial charge in [0.2, 0.25) is 0 Å². The monoisotopic (exact) mass is 188 g/mol. The predicted octanol–water partition coefficient (Wildman–Crippen LogP) is 0.931. The zero-order chi connectivity index (χ0) is 9.54. The van der Waals surface area contributed by atoms with E-state index in [0.717, 1.165) is 22.1 Å². The maximum Gasteiger partial charge on any atom is 0.139 e. The molecule has 3 heterocycles. The first-order valence-corrected chi connectivity index (χ1v) is 4.30. The largest absolute Gasteiger partial charge is 0.388 e. The molecule has 5 nitrogen and oxygen atoms in total. The topological polar surface area (TPSA) is 77.6 Å². The van der Waals surface area contributed by atoms with Gasteiger partial charge in [-0.15, -0.1) is 0 Å². The van der Waals surface area contributed by atoms with Gasteiger partial charge < -0.3 is 15.1 Å². The standard InChI is InChI=1S/C9H8N4O/c14-4-7-12-6-3-11-9-5(1-2-10-9)8(6)13-7/h1-3,14H,4H2,(H,10,11)(H,12,13). The molecule has 0 bridgehead atoms. The van der Waals surface area contributed by atoms with Crippen LogP contribution in [-0.4, -0.2) is 25.0 Å². The molecule has 0 saturated heterocycles. The first-order chi connectivity index (χ1) is 6.88. The quantitative estimate of drug-likeness (QED) is 0.531. The Morgan fingerprint density at radius 3 is 3.21 bits per heavy atom.